The normalized spacial score (nSPS) is 15.7. The van der Waals surface area contributed by atoms with Crippen LogP contribution in [-0.2, 0) is 17.6 Å². The lowest BCUT2D eigenvalue weighted by Crippen LogP contribution is -2.41. The van der Waals surface area contributed by atoms with Crippen molar-refractivity contribution >= 4 is 28.9 Å². The van der Waals surface area contributed by atoms with E-state index in [1.54, 1.807) is 24.3 Å². The summed E-state index contributed by atoms with van der Waals surface area (Å²) in [6, 6.07) is 10.8. The number of hydrogen-bond donors (Lipinski definition) is 2. The zero-order chi connectivity index (χ0) is 19.2. The van der Waals surface area contributed by atoms with Crippen LogP contribution < -0.4 is 10.9 Å². The van der Waals surface area contributed by atoms with Crippen molar-refractivity contribution in [1.82, 2.24) is 10.9 Å². The smallest absolute Gasteiger partial charge is 0.279 e. The van der Waals surface area contributed by atoms with E-state index in [4.69, 9.17) is 0 Å². The summed E-state index contributed by atoms with van der Waals surface area (Å²) in [7, 11) is 0. The highest BCUT2D eigenvalue weighted by atomic mass is 32.1. The molecule has 1 heterocycles. The molecule has 2 amide bonds. The zero-order valence-electron chi connectivity index (χ0n) is 15.4. The molecule has 6 heteroatoms. The zero-order valence-corrected chi connectivity index (χ0v) is 16.2. The van der Waals surface area contributed by atoms with Crippen molar-refractivity contribution in [2.24, 2.45) is 5.92 Å². The second kappa shape index (κ2) is 8.95. The van der Waals surface area contributed by atoms with Crippen molar-refractivity contribution in [2.75, 3.05) is 0 Å². The molecule has 27 heavy (non-hydrogen) atoms. The van der Waals surface area contributed by atoms with E-state index < -0.39 is 0 Å². The van der Waals surface area contributed by atoms with Crippen molar-refractivity contribution in [3.05, 3.63) is 57.3 Å². The van der Waals surface area contributed by atoms with Crippen LogP contribution in [0.25, 0.3) is 0 Å². The topological polar surface area (TPSA) is 75.3 Å². The number of fused-ring (bicyclic) bond motifs is 1. The molecular weight excluding hydrogens is 360 g/mol. The third-order valence-corrected chi connectivity index (χ3v) is 6.21. The van der Waals surface area contributed by atoms with E-state index in [9.17, 15) is 14.4 Å². The fourth-order valence-corrected chi connectivity index (χ4v) is 4.41. The Morgan fingerprint density at radius 1 is 1.11 bits per heavy atom. The van der Waals surface area contributed by atoms with E-state index in [0.29, 0.717) is 16.4 Å². The number of aryl methyl sites for hydroxylation is 1. The first-order valence-electron chi connectivity index (χ1n) is 9.35. The summed E-state index contributed by atoms with van der Waals surface area (Å²) in [5.74, 6) is -0.0662. The van der Waals surface area contributed by atoms with Gasteiger partial charge in [-0.3, -0.25) is 25.2 Å². The first-order chi connectivity index (χ1) is 13.1. The van der Waals surface area contributed by atoms with Gasteiger partial charge in [-0.25, -0.2) is 0 Å². The number of amides is 2. The Labute approximate surface area is 163 Å². The monoisotopic (exact) mass is 384 g/mol. The summed E-state index contributed by atoms with van der Waals surface area (Å²) in [5, 5.41) is 0. The summed E-state index contributed by atoms with van der Waals surface area (Å²) in [4.78, 5) is 38.1. The van der Waals surface area contributed by atoms with Gasteiger partial charge in [0.2, 0.25) is 5.91 Å². The van der Waals surface area contributed by atoms with E-state index in [2.05, 4.69) is 17.8 Å². The third kappa shape index (κ3) is 5.04. The molecule has 5 nitrogen and oxygen atoms in total. The van der Waals surface area contributed by atoms with Gasteiger partial charge in [0.15, 0.2) is 5.78 Å². The second-order valence-corrected chi connectivity index (χ2v) is 8.00. The maximum absolute atomic E-state index is 12.3. The molecule has 0 unspecified atom stereocenters. The fraction of sp³-hybridized carbons (Fsp3) is 0.381. The quantitative estimate of drug-likeness (QED) is 0.589. The van der Waals surface area contributed by atoms with E-state index >= 15 is 0 Å². The van der Waals surface area contributed by atoms with Crippen LogP contribution in [-0.4, -0.2) is 17.6 Å². The van der Waals surface area contributed by atoms with Crippen LogP contribution in [0.5, 0.6) is 0 Å². The minimum absolute atomic E-state index is 0.0348. The second-order valence-electron chi connectivity index (χ2n) is 6.87. The number of ketones is 1. The molecule has 1 aromatic heterocycles. The minimum atomic E-state index is -0.375. The minimum Gasteiger partial charge on any atom is -0.294 e. The Morgan fingerprint density at radius 3 is 2.63 bits per heavy atom. The number of Topliss-reactive ketones (excluding diaryl/α,β-unsaturated/α-hetero) is 1. The number of carbonyl (C=O) groups excluding carboxylic acids is 3. The lowest BCUT2D eigenvalue weighted by atomic mass is 9.87. The van der Waals surface area contributed by atoms with Crippen molar-refractivity contribution in [2.45, 2.75) is 45.4 Å². The van der Waals surface area contributed by atoms with Crippen molar-refractivity contribution < 1.29 is 14.4 Å². The molecule has 1 aliphatic carbocycles. The van der Waals surface area contributed by atoms with E-state index in [0.717, 1.165) is 19.3 Å². The molecule has 0 saturated heterocycles. The summed E-state index contributed by atoms with van der Waals surface area (Å²) in [6.07, 6.45) is 4.54. The Kier molecular flexibility index (Phi) is 6.40. The van der Waals surface area contributed by atoms with Crippen LogP contribution in [0.4, 0.5) is 0 Å². The van der Waals surface area contributed by atoms with Crippen molar-refractivity contribution in [3.8, 4) is 0 Å². The molecule has 2 N–H and O–H groups in total. The average Bonchev–Trinajstić information content (AvgIpc) is 3.14. The van der Waals surface area contributed by atoms with Gasteiger partial charge < -0.3 is 0 Å². The van der Waals surface area contributed by atoms with Gasteiger partial charge >= 0.3 is 0 Å². The first kappa shape index (κ1) is 19.3. The van der Waals surface area contributed by atoms with Crippen LogP contribution >= 0.6 is 11.3 Å². The summed E-state index contributed by atoms with van der Waals surface area (Å²) >= 11 is 1.51. The maximum atomic E-state index is 12.3. The SMILES string of the molecule is CC[C@H]1CCc2sc(C(=O)NNC(=O)CCC(=O)c3ccccc3)cc2C1. The van der Waals surface area contributed by atoms with Gasteiger partial charge in [-0.1, -0.05) is 43.7 Å². The van der Waals surface area contributed by atoms with Crippen LogP contribution in [0.1, 0.15) is 63.1 Å². The summed E-state index contributed by atoms with van der Waals surface area (Å²) < 4.78 is 0. The molecule has 0 aliphatic heterocycles. The molecular formula is C21H24N2O3S. The number of benzene rings is 1. The predicted molar refractivity (Wildman–Crippen MR) is 106 cm³/mol. The van der Waals surface area contributed by atoms with Gasteiger partial charge in [0.05, 0.1) is 4.88 Å². The molecule has 0 fully saturated rings. The summed E-state index contributed by atoms with van der Waals surface area (Å²) in [5.41, 5.74) is 6.71. The number of nitrogens with one attached hydrogen (secondary N) is 2. The van der Waals surface area contributed by atoms with Gasteiger partial charge in [0.25, 0.3) is 5.91 Å². The average molecular weight is 385 g/mol. The van der Waals surface area contributed by atoms with Gasteiger partial charge in [-0.15, -0.1) is 11.3 Å². The predicted octanol–water partition coefficient (Wildman–Crippen LogP) is 3.69. The van der Waals surface area contributed by atoms with Crippen LogP contribution in [0.2, 0.25) is 0 Å². The van der Waals surface area contributed by atoms with Crippen molar-refractivity contribution in [3.63, 3.8) is 0 Å². The lowest BCUT2D eigenvalue weighted by molar-refractivity contribution is -0.121. The molecule has 2 aromatic rings. The third-order valence-electron chi connectivity index (χ3n) is 4.98. The molecule has 1 atom stereocenters. The largest absolute Gasteiger partial charge is 0.294 e. The first-order valence-corrected chi connectivity index (χ1v) is 10.2. The number of thiophene rings is 1. The number of carbonyl (C=O) groups is 3. The number of hydrogen-bond acceptors (Lipinski definition) is 4. The molecule has 0 radical (unpaired) electrons. The Morgan fingerprint density at radius 2 is 1.89 bits per heavy atom. The highest BCUT2D eigenvalue weighted by Gasteiger charge is 2.22. The van der Waals surface area contributed by atoms with E-state index in [1.165, 1.54) is 28.2 Å². The standard InChI is InChI=1S/C21H24N2O3S/c1-2-14-8-10-18-16(12-14)13-19(27-18)21(26)23-22-20(25)11-9-17(24)15-6-4-3-5-7-15/h3-7,13-14H,2,8-12H2,1H3,(H,22,25)(H,23,26)/t14-/m0/s1. The molecule has 0 spiro atoms. The van der Waals surface area contributed by atoms with E-state index in [-0.39, 0.29) is 30.4 Å². The Hall–Kier alpha value is -2.47. The van der Waals surface area contributed by atoms with E-state index in [1.807, 2.05) is 12.1 Å². The van der Waals surface area contributed by atoms with Crippen LogP contribution in [0.15, 0.2) is 36.4 Å². The summed E-state index contributed by atoms with van der Waals surface area (Å²) in [6.45, 7) is 2.20. The van der Waals surface area contributed by atoms with Gasteiger partial charge in [-0.2, -0.15) is 0 Å². The Balaban J connectivity index is 1.46. The van der Waals surface area contributed by atoms with Crippen LogP contribution in [0.3, 0.4) is 0 Å². The van der Waals surface area contributed by atoms with Crippen molar-refractivity contribution in [1.29, 1.82) is 0 Å². The molecule has 142 valence electrons. The van der Waals surface area contributed by atoms with Gasteiger partial charge in [0.1, 0.15) is 0 Å². The Bertz CT molecular complexity index is 829. The number of rotatable bonds is 6. The molecule has 1 aliphatic rings. The van der Waals surface area contributed by atoms with Gasteiger partial charge in [-0.05, 0) is 36.8 Å². The fourth-order valence-electron chi connectivity index (χ4n) is 3.31. The highest BCUT2D eigenvalue weighted by Crippen LogP contribution is 2.33. The highest BCUT2D eigenvalue weighted by molar-refractivity contribution is 7.14. The molecule has 3 rings (SSSR count). The number of hydrazine groups is 1. The van der Waals surface area contributed by atoms with Gasteiger partial charge in [0, 0.05) is 23.3 Å². The van der Waals surface area contributed by atoms with Crippen LogP contribution in [0, 0.1) is 5.92 Å². The molecule has 0 bridgehead atoms. The lowest BCUT2D eigenvalue weighted by Gasteiger charge is -2.19. The molecule has 0 saturated carbocycles. The maximum Gasteiger partial charge on any atom is 0.279 e. The molecule has 1 aromatic carbocycles.